The van der Waals surface area contributed by atoms with Gasteiger partial charge < -0.3 is 5.32 Å². The molecular weight excluding hydrogens is 361 g/mol. The summed E-state index contributed by atoms with van der Waals surface area (Å²) >= 11 is 14.7. The Morgan fingerprint density at radius 2 is 2.00 bits per heavy atom. The van der Waals surface area contributed by atoms with E-state index in [1.54, 1.807) is 24.3 Å². The Kier molecular flexibility index (Phi) is 6.32. The summed E-state index contributed by atoms with van der Waals surface area (Å²) in [4.78, 5) is 25.5. The molecule has 1 aromatic heterocycles. The molecule has 0 bridgehead atoms. The molecule has 7 heteroatoms. The quantitative estimate of drug-likeness (QED) is 0.591. The molecule has 3 nitrogen and oxygen atoms in total. The zero-order valence-corrected chi connectivity index (χ0v) is 14.8. The van der Waals surface area contributed by atoms with E-state index in [1.165, 1.54) is 30.0 Å². The number of thiophene rings is 1. The number of ketones is 1. The Labute approximate surface area is 147 Å². The lowest BCUT2D eigenvalue weighted by Gasteiger charge is -2.03. The average molecular weight is 374 g/mol. The molecule has 0 radical (unpaired) electrons. The second kappa shape index (κ2) is 8.02. The normalized spacial score (nSPS) is 10.5. The van der Waals surface area contributed by atoms with Crippen molar-refractivity contribution >= 4 is 58.0 Å². The average Bonchev–Trinajstić information content (AvgIpc) is 2.94. The smallest absolute Gasteiger partial charge is 0.217 e. The molecular formula is C15H13Cl2NO2S2. The molecule has 22 heavy (non-hydrogen) atoms. The van der Waals surface area contributed by atoms with Crippen molar-refractivity contribution in [1.29, 1.82) is 0 Å². The highest BCUT2D eigenvalue weighted by Crippen LogP contribution is 2.30. The highest BCUT2D eigenvalue weighted by Gasteiger charge is 2.11. The summed E-state index contributed by atoms with van der Waals surface area (Å²) in [6.07, 6.45) is 0. The minimum Gasteiger partial charge on any atom is -0.351 e. The van der Waals surface area contributed by atoms with Crippen LogP contribution in [-0.2, 0) is 11.3 Å². The summed E-state index contributed by atoms with van der Waals surface area (Å²) in [5, 5.41) is 3.88. The van der Waals surface area contributed by atoms with E-state index < -0.39 is 0 Å². The number of nitrogens with one attached hydrogen (secondary N) is 1. The largest absolute Gasteiger partial charge is 0.351 e. The molecule has 2 rings (SSSR count). The predicted octanol–water partition coefficient (Wildman–Crippen LogP) is 4.67. The van der Waals surface area contributed by atoms with Crippen molar-refractivity contribution < 1.29 is 9.59 Å². The number of amides is 1. The first-order valence-corrected chi connectivity index (χ1v) is 8.95. The first kappa shape index (κ1) is 17.3. The van der Waals surface area contributed by atoms with E-state index in [1.807, 2.05) is 6.07 Å². The molecule has 0 saturated heterocycles. The second-order valence-corrected chi connectivity index (χ2v) is 7.49. The lowest BCUT2D eigenvalue weighted by atomic mass is 10.3. The molecule has 0 saturated carbocycles. The molecule has 0 fully saturated rings. The van der Waals surface area contributed by atoms with Crippen LogP contribution in [0.2, 0.25) is 10.0 Å². The molecule has 2 aromatic rings. The van der Waals surface area contributed by atoms with Crippen molar-refractivity contribution in [2.75, 3.05) is 5.75 Å². The SMILES string of the molecule is CC(=O)NCc1ccc(C(=O)CSc2cc(Cl)ccc2Cl)s1. The zero-order valence-electron chi connectivity index (χ0n) is 11.7. The maximum Gasteiger partial charge on any atom is 0.217 e. The predicted molar refractivity (Wildman–Crippen MR) is 93.4 cm³/mol. The maximum absolute atomic E-state index is 12.2. The fourth-order valence-corrected chi connectivity index (χ4v) is 3.99. The lowest BCUT2D eigenvalue weighted by molar-refractivity contribution is -0.119. The van der Waals surface area contributed by atoms with E-state index in [4.69, 9.17) is 23.2 Å². The zero-order chi connectivity index (χ0) is 16.1. The molecule has 1 aromatic carbocycles. The summed E-state index contributed by atoms with van der Waals surface area (Å²) in [5.74, 6) is 0.229. The van der Waals surface area contributed by atoms with Gasteiger partial charge in [-0.15, -0.1) is 23.1 Å². The standard InChI is InChI=1S/C15H13Cl2NO2S2/c1-9(19)18-7-11-3-5-14(22-11)13(20)8-21-15-6-10(16)2-4-12(15)17/h2-6H,7-8H2,1H3,(H,18,19). The van der Waals surface area contributed by atoms with E-state index >= 15 is 0 Å². The van der Waals surface area contributed by atoms with Crippen LogP contribution in [0.3, 0.4) is 0 Å². The van der Waals surface area contributed by atoms with Gasteiger partial charge in [0.05, 0.1) is 22.2 Å². The van der Waals surface area contributed by atoms with E-state index in [0.29, 0.717) is 27.2 Å². The van der Waals surface area contributed by atoms with Crippen molar-refractivity contribution in [3.63, 3.8) is 0 Å². The molecule has 1 amide bonds. The van der Waals surface area contributed by atoms with Crippen LogP contribution in [0.1, 0.15) is 21.5 Å². The highest BCUT2D eigenvalue weighted by atomic mass is 35.5. The molecule has 1 N–H and O–H groups in total. The molecule has 116 valence electrons. The van der Waals surface area contributed by atoms with Crippen molar-refractivity contribution in [1.82, 2.24) is 5.32 Å². The maximum atomic E-state index is 12.2. The Balaban J connectivity index is 1.95. The number of Topliss-reactive ketones (excluding diaryl/α,β-unsaturated/α-hetero) is 1. The first-order valence-electron chi connectivity index (χ1n) is 6.40. The van der Waals surface area contributed by atoms with E-state index in [0.717, 1.165) is 9.77 Å². The van der Waals surface area contributed by atoms with Crippen LogP contribution in [0, 0.1) is 0 Å². The third kappa shape index (κ3) is 5.02. The molecule has 0 aliphatic rings. The summed E-state index contributed by atoms with van der Waals surface area (Å²) in [7, 11) is 0. The van der Waals surface area contributed by atoms with Gasteiger partial charge in [0.15, 0.2) is 5.78 Å². The minimum absolute atomic E-state index is 0.0279. The van der Waals surface area contributed by atoms with E-state index in [-0.39, 0.29) is 11.7 Å². The van der Waals surface area contributed by atoms with Gasteiger partial charge in [0.2, 0.25) is 5.91 Å². The van der Waals surface area contributed by atoms with Crippen molar-refractivity contribution in [3.8, 4) is 0 Å². The molecule has 0 aliphatic carbocycles. The van der Waals surface area contributed by atoms with Gasteiger partial charge in [-0.25, -0.2) is 0 Å². The van der Waals surface area contributed by atoms with Gasteiger partial charge in [-0.1, -0.05) is 23.2 Å². The Bertz CT molecular complexity index is 701. The summed E-state index contributed by atoms with van der Waals surface area (Å²) in [6.45, 7) is 1.91. The van der Waals surface area contributed by atoms with Gasteiger partial charge >= 0.3 is 0 Å². The van der Waals surface area contributed by atoms with Crippen LogP contribution in [0.4, 0.5) is 0 Å². The van der Waals surface area contributed by atoms with E-state index in [2.05, 4.69) is 5.32 Å². The fraction of sp³-hybridized carbons (Fsp3) is 0.200. The van der Waals surface area contributed by atoms with Crippen molar-refractivity contribution in [2.45, 2.75) is 18.4 Å². The number of thioether (sulfide) groups is 1. The highest BCUT2D eigenvalue weighted by molar-refractivity contribution is 8.00. The summed E-state index contributed by atoms with van der Waals surface area (Å²) in [6, 6.07) is 8.81. The first-order chi connectivity index (χ1) is 10.5. The third-order valence-corrected chi connectivity index (χ3v) is 5.56. The number of rotatable bonds is 6. The number of hydrogen-bond donors (Lipinski definition) is 1. The van der Waals surface area contributed by atoms with Crippen LogP contribution >= 0.6 is 46.3 Å². The van der Waals surface area contributed by atoms with E-state index in [9.17, 15) is 9.59 Å². The fourth-order valence-electron chi connectivity index (χ4n) is 1.64. The minimum atomic E-state index is -0.0903. The number of carbonyl (C=O) groups is 2. The Hall–Kier alpha value is -1.01. The molecule has 0 spiro atoms. The lowest BCUT2D eigenvalue weighted by Crippen LogP contribution is -2.18. The van der Waals surface area contributed by atoms with Gasteiger partial charge in [0.1, 0.15) is 0 Å². The topological polar surface area (TPSA) is 46.2 Å². The number of carbonyl (C=O) groups excluding carboxylic acids is 2. The second-order valence-electron chi connectivity index (χ2n) is 4.46. The van der Waals surface area contributed by atoms with Gasteiger partial charge in [0.25, 0.3) is 0 Å². The molecule has 0 unspecified atom stereocenters. The van der Waals surface area contributed by atoms with Crippen LogP contribution in [0.5, 0.6) is 0 Å². The number of benzene rings is 1. The van der Waals surface area contributed by atoms with Crippen LogP contribution < -0.4 is 5.32 Å². The summed E-state index contributed by atoms with van der Waals surface area (Å²) in [5.41, 5.74) is 0. The van der Waals surface area contributed by atoms with Crippen molar-refractivity contribution in [2.24, 2.45) is 0 Å². The number of hydrogen-bond acceptors (Lipinski definition) is 4. The molecule has 0 aliphatic heterocycles. The van der Waals surface area contributed by atoms with Gasteiger partial charge in [-0.2, -0.15) is 0 Å². The monoisotopic (exact) mass is 373 g/mol. The van der Waals surface area contributed by atoms with Crippen LogP contribution in [0.25, 0.3) is 0 Å². The van der Waals surface area contributed by atoms with Gasteiger partial charge in [-0.3, -0.25) is 9.59 Å². The van der Waals surface area contributed by atoms with Crippen molar-refractivity contribution in [3.05, 3.63) is 50.1 Å². The molecule has 0 atom stereocenters. The molecule has 1 heterocycles. The van der Waals surface area contributed by atoms with Gasteiger partial charge in [0, 0.05) is 21.7 Å². The van der Waals surface area contributed by atoms with Crippen LogP contribution in [-0.4, -0.2) is 17.4 Å². The summed E-state index contributed by atoms with van der Waals surface area (Å²) < 4.78 is 0. The van der Waals surface area contributed by atoms with Gasteiger partial charge in [-0.05, 0) is 30.3 Å². The Morgan fingerprint density at radius 3 is 2.73 bits per heavy atom. The number of halogens is 2. The Morgan fingerprint density at radius 1 is 1.23 bits per heavy atom. The third-order valence-electron chi connectivity index (χ3n) is 2.70. The van der Waals surface area contributed by atoms with Crippen LogP contribution in [0.15, 0.2) is 35.2 Å².